The van der Waals surface area contributed by atoms with Crippen LogP contribution in [0.25, 0.3) is 0 Å². The van der Waals surface area contributed by atoms with E-state index in [2.05, 4.69) is 32.5 Å². The number of methoxy groups -OCH3 is 1. The minimum Gasteiger partial charge on any atom is -0.496 e. The third kappa shape index (κ3) is 7.32. The molecule has 5 N–H and O–H groups in total. The molecule has 2 amide bonds. The van der Waals surface area contributed by atoms with Gasteiger partial charge in [-0.2, -0.15) is 0 Å². The molecule has 2 saturated heterocycles. The largest absolute Gasteiger partial charge is 0.496 e. The number of amides is 2. The molecule has 2 aliphatic carbocycles. The molecule has 3 heterocycles. The van der Waals surface area contributed by atoms with Gasteiger partial charge in [-0.25, -0.2) is 9.82 Å². The predicted molar refractivity (Wildman–Crippen MR) is 167 cm³/mol. The van der Waals surface area contributed by atoms with Gasteiger partial charge in [0.15, 0.2) is 0 Å². The van der Waals surface area contributed by atoms with Gasteiger partial charge in [0.2, 0.25) is 11.8 Å². The first kappa shape index (κ1) is 31.8. The first-order chi connectivity index (χ1) is 21.8. The van der Waals surface area contributed by atoms with E-state index in [1.165, 1.54) is 18.7 Å². The second kappa shape index (κ2) is 14.1. The summed E-state index contributed by atoms with van der Waals surface area (Å²) in [7, 11) is 1.52. The highest BCUT2D eigenvalue weighted by atomic mass is 19.1. The molecule has 11 heteroatoms. The lowest BCUT2D eigenvalue weighted by molar-refractivity contribution is -0.130. The molecular formula is C34H47FN6O4. The molecule has 0 bridgehead atoms. The maximum atomic E-state index is 15.0. The molecule has 2 aromatic rings. The predicted octanol–water partition coefficient (Wildman–Crippen LogP) is 2.90. The van der Waals surface area contributed by atoms with Crippen molar-refractivity contribution in [2.24, 2.45) is 17.8 Å². The maximum Gasteiger partial charge on any atom is 0.237 e. The fourth-order valence-corrected chi connectivity index (χ4v) is 8.02. The Kier molecular flexibility index (Phi) is 9.99. The number of rotatable bonds is 9. The van der Waals surface area contributed by atoms with E-state index in [-0.39, 0.29) is 54.2 Å². The van der Waals surface area contributed by atoms with Crippen molar-refractivity contribution in [2.75, 3.05) is 20.2 Å². The van der Waals surface area contributed by atoms with Crippen LogP contribution in [0.15, 0.2) is 36.5 Å². The second-order valence-electron chi connectivity index (χ2n) is 13.5. The number of pyridine rings is 1. The zero-order valence-corrected chi connectivity index (χ0v) is 26.3. The number of hydrazine groups is 1. The Balaban J connectivity index is 1.11. The third-order valence-electron chi connectivity index (χ3n) is 10.5. The molecule has 6 rings (SSSR count). The Morgan fingerprint density at radius 1 is 1.09 bits per heavy atom. The van der Waals surface area contributed by atoms with Crippen molar-refractivity contribution in [1.82, 2.24) is 31.4 Å². The molecule has 10 nitrogen and oxygen atoms in total. The second-order valence-corrected chi connectivity index (χ2v) is 13.5. The van der Waals surface area contributed by atoms with Gasteiger partial charge < -0.3 is 20.5 Å². The van der Waals surface area contributed by atoms with Crippen LogP contribution >= 0.6 is 0 Å². The quantitative estimate of drug-likeness (QED) is 0.289. The highest BCUT2D eigenvalue weighted by molar-refractivity contribution is 5.82. The topological polar surface area (TPSA) is 128 Å². The molecule has 45 heavy (non-hydrogen) atoms. The van der Waals surface area contributed by atoms with E-state index in [1.54, 1.807) is 12.1 Å². The Morgan fingerprint density at radius 3 is 2.73 bits per heavy atom. The number of carbonyl (C=O) groups excluding carboxylic acids is 2. The maximum absolute atomic E-state index is 15.0. The summed E-state index contributed by atoms with van der Waals surface area (Å²) in [5.41, 5.74) is 9.48. The number of nitrogens with one attached hydrogen (secondary N) is 4. The van der Waals surface area contributed by atoms with Crippen molar-refractivity contribution in [3.05, 3.63) is 59.2 Å². The third-order valence-corrected chi connectivity index (χ3v) is 10.5. The van der Waals surface area contributed by atoms with Crippen LogP contribution in [-0.4, -0.2) is 71.2 Å². The van der Waals surface area contributed by atoms with Gasteiger partial charge in [0.25, 0.3) is 0 Å². The zero-order chi connectivity index (χ0) is 31.5. The Morgan fingerprint density at radius 2 is 1.96 bits per heavy atom. The van der Waals surface area contributed by atoms with Gasteiger partial charge >= 0.3 is 0 Å². The average molecular weight is 623 g/mol. The molecule has 0 spiro atoms. The molecular weight excluding hydrogens is 575 g/mol. The molecule has 2 saturated carbocycles. The summed E-state index contributed by atoms with van der Waals surface area (Å²) < 4.78 is 20.5. The normalized spacial score (nSPS) is 31.7. The molecule has 1 aromatic heterocycles. The van der Waals surface area contributed by atoms with E-state index in [0.717, 1.165) is 37.8 Å². The van der Waals surface area contributed by atoms with Crippen molar-refractivity contribution in [1.29, 1.82) is 0 Å². The summed E-state index contributed by atoms with van der Waals surface area (Å²) in [6.45, 7) is 3.15. The number of hydrogen-bond acceptors (Lipinski definition) is 8. The Labute approximate surface area is 264 Å². The molecule has 0 radical (unpaired) electrons. The number of ether oxygens (including phenoxy) is 1. The van der Waals surface area contributed by atoms with Gasteiger partial charge in [-0.15, -0.1) is 0 Å². The number of aliphatic hydroxyl groups excluding tert-OH is 1. The highest BCUT2D eigenvalue weighted by Crippen LogP contribution is 2.40. The first-order valence-corrected chi connectivity index (χ1v) is 16.5. The number of hydrogen-bond donors (Lipinski definition) is 5. The number of fused-ring (bicyclic) bond motifs is 1. The van der Waals surface area contributed by atoms with Crippen LogP contribution in [0.3, 0.4) is 0 Å². The number of carbonyl (C=O) groups is 2. The lowest BCUT2D eigenvalue weighted by Gasteiger charge is -2.40. The van der Waals surface area contributed by atoms with Crippen LogP contribution in [0, 0.1) is 30.5 Å². The van der Waals surface area contributed by atoms with Crippen molar-refractivity contribution >= 4 is 11.8 Å². The molecule has 1 aromatic carbocycles. The van der Waals surface area contributed by atoms with Gasteiger partial charge in [0.05, 0.1) is 25.3 Å². The van der Waals surface area contributed by atoms with Crippen molar-refractivity contribution < 1.29 is 23.8 Å². The van der Waals surface area contributed by atoms with Crippen LogP contribution in [0.5, 0.6) is 5.75 Å². The van der Waals surface area contributed by atoms with E-state index in [1.807, 2.05) is 24.1 Å². The van der Waals surface area contributed by atoms with Crippen LogP contribution in [0.1, 0.15) is 74.2 Å². The van der Waals surface area contributed by atoms with Gasteiger partial charge in [-0.05, 0) is 100.0 Å². The van der Waals surface area contributed by atoms with E-state index >= 15 is 4.39 Å². The van der Waals surface area contributed by atoms with E-state index < -0.39 is 6.04 Å². The summed E-state index contributed by atoms with van der Waals surface area (Å²) in [4.78, 5) is 33.5. The van der Waals surface area contributed by atoms with E-state index in [9.17, 15) is 14.7 Å². The monoisotopic (exact) mass is 622 g/mol. The molecule has 4 aliphatic rings. The van der Waals surface area contributed by atoms with Crippen LogP contribution in [0.4, 0.5) is 4.39 Å². The van der Waals surface area contributed by atoms with Gasteiger partial charge in [0, 0.05) is 55.1 Å². The molecule has 8 atom stereocenters. The molecule has 244 valence electrons. The lowest BCUT2D eigenvalue weighted by atomic mass is 9.74. The summed E-state index contributed by atoms with van der Waals surface area (Å²) in [5.74, 6) is 0.489. The van der Waals surface area contributed by atoms with Gasteiger partial charge in [-0.3, -0.25) is 24.9 Å². The SMILES string of the molecule is COc1cccc(F)c1CN1C[C@H](NC(=O)C2CCC3NNC(c4ccnc(C)c4)C3C2)CC[C@H]1C(=O)NC[C@H]1CC[C@H](O)C1. The number of aromatic nitrogens is 1. The number of piperidine rings is 1. The van der Waals surface area contributed by atoms with E-state index in [0.29, 0.717) is 55.6 Å². The minimum atomic E-state index is -0.454. The number of likely N-dealkylation sites (tertiary alicyclic amines) is 1. The fourth-order valence-electron chi connectivity index (χ4n) is 8.02. The molecule has 4 fully saturated rings. The number of nitrogens with zero attached hydrogens (tertiary/aromatic N) is 2. The van der Waals surface area contributed by atoms with Crippen molar-refractivity contribution in [3.8, 4) is 5.75 Å². The summed E-state index contributed by atoms with van der Waals surface area (Å²) >= 11 is 0. The fraction of sp³-hybridized carbons (Fsp3) is 0.618. The van der Waals surface area contributed by atoms with Crippen LogP contribution in [0.2, 0.25) is 0 Å². The smallest absolute Gasteiger partial charge is 0.237 e. The summed E-state index contributed by atoms with van der Waals surface area (Å²) in [5, 5.41) is 16.3. The average Bonchev–Trinajstić information content (AvgIpc) is 3.66. The van der Waals surface area contributed by atoms with Crippen molar-refractivity contribution in [2.45, 2.75) is 95.1 Å². The summed E-state index contributed by atoms with van der Waals surface area (Å²) in [6, 6.07) is 8.74. The molecule has 4 unspecified atom stereocenters. The Hall–Kier alpha value is -3.12. The van der Waals surface area contributed by atoms with Crippen molar-refractivity contribution in [3.63, 3.8) is 0 Å². The number of aryl methyl sites for hydroxylation is 1. The standard InChI is InChI=1S/C34H47FN6O4/c1-20-14-22(12-13-36-20)32-26-16-23(7-10-29(26)39-40-32)33(43)38-24-8-11-30(34(44)37-17-21-6-9-25(42)15-21)41(18-24)19-27-28(35)4-3-5-31(27)45-2/h3-5,12-14,21,23-26,29-30,32,39-40,42H,6-11,15-19H2,1-2H3,(H,37,44)(H,38,43)/t21-,23?,24+,25-,26?,29?,30-,32?/m0/s1. The Bertz CT molecular complexity index is 1360. The lowest BCUT2D eigenvalue weighted by Crippen LogP contribution is -2.57. The zero-order valence-electron chi connectivity index (χ0n) is 26.3. The van der Waals surface area contributed by atoms with Gasteiger partial charge in [0.1, 0.15) is 11.6 Å². The number of halogens is 1. The van der Waals surface area contributed by atoms with Crippen LogP contribution in [-0.2, 0) is 16.1 Å². The minimum absolute atomic E-state index is 0.0566. The van der Waals surface area contributed by atoms with Gasteiger partial charge in [-0.1, -0.05) is 6.07 Å². The number of aliphatic hydroxyl groups is 1. The van der Waals surface area contributed by atoms with Crippen LogP contribution < -0.4 is 26.2 Å². The summed E-state index contributed by atoms with van der Waals surface area (Å²) in [6.07, 6.45) is 7.64. The first-order valence-electron chi connectivity index (χ1n) is 16.5. The highest BCUT2D eigenvalue weighted by Gasteiger charge is 2.43. The number of benzene rings is 1. The molecule has 2 aliphatic heterocycles. The van der Waals surface area contributed by atoms with E-state index in [4.69, 9.17) is 4.74 Å².